The molecule has 1 aromatic heterocycles. The lowest BCUT2D eigenvalue weighted by Gasteiger charge is -2.31. The predicted octanol–water partition coefficient (Wildman–Crippen LogP) is -2.71. The smallest absolute Gasteiger partial charge is 0.245 e. The maximum atomic E-state index is 14.6. The molecule has 5 unspecified atom stereocenters. The molecule has 0 aliphatic carbocycles. The minimum atomic E-state index is -1.45. The molecule has 2 fully saturated rings. The van der Waals surface area contributed by atoms with Crippen LogP contribution in [0.5, 0.6) is 0 Å². The van der Waals surface area contributed by atoms with Gasteiger partial charge < -0.3 is 75.8 Å². The number of nitrogens with one attached hydrogen (secondary N) is 8. The molecule has 406 valence electrons. The number of carbonyl (C=O) groups excluding carboxylic acids is 9. The average molecular weight is 1050 g/mol. The Balaban J connectivity index is 1.52. The van der Waals surface area contributed by atoms with Gasteiger partial charge >= 0.3 is 0 Å². The van der Waals surface area contributed by atoms with E-state index in [1.807, 2.05) is 18.2 Å². The van der Waals surface area contributed by atoms with Gasteiger partial charge in [0.2, 0.25) is 53.2 Å². The van der Waals surface area contributed by atoms with Crippen molar-refractivity contribution in [2.75, 3.05) is 26.2 Å². The highest BCUT2D eigenvalue weighted by Gasteiger charge is 2.40. The van der Waals surface area contributed by atoms with E-state index in [9.17, 15) is 47.5 Å². The van der Waals surface area contributed by atoms with Gasteiger partial charge in [-0.15, -0.1) is 0 Å². The van der Waals surface area contributed by atoms with E-state index in [2.05, 4.69) is 52.2 Å². The molecule has 26 heteroatoms. The van der Waals surface area contributed by atoms with E-state index in [1.165, 1.54) is 36.1 Å². The number of H-pyrrole nitrogens is 1. The SMILES string of the molecule is CC(=O)NC(CCCN=C(N)N)C(=O)NC1CCC(=O)NCCC[C@@H](C(N)=O)NC(=O)C(Cc2c[nH]c3ccccc23)NC(=O)C(CCCN=C(N)N)NC(=O)[C@@H](Cc2ccc(F)cc2)NC(=O)C2CCCN2C1=O. The van der Waals surface area contributed by atoms with Crippen molar-refractivity contribution in [1.82, 2.24) is 47.1 Å². The van der Waals surface area contributed by atoms with E-state index in [1.54, 1.807) is 12.3 Å². The molecule has 2 aromatic carbocycles. The number of primary amides is 1. The van der Waals surface area contributed by atoms with Gasteiger partial charge in [-0.25, -0.2) is 4.39 Å². The monoisotopic (exact) mass is 1040 g/mol. The van der Waals surface area contributed by atoms with E-state index in [4.69, 9.17) is 28.7 Å². The average Bonchev–Trinajstić information content (AvgIpc) is 4.03. The van der Waals surface area contributed by atoms with Crippen LogP contribution in [-0.2, 0) is 56.0 Å². The van der Waals surface area contributed by atoms with Crippen molar-refractivity contribution in [3.8, 4) is 0 Å². The summed E-state index contributed by atoms with van der Waals surface area (Å²) < 4.78 is 14.1. The van der Waals surface area contributed by atoms with E-state index in [-0.39, 0.29) is 109 Å². The van der Waals surface area contributed by atoms with Gasteiger partial charge in [-0.2, -0.15) is 0 Å². The van der Waals surface area contributed by atoms with Gasteiger partial charge in [0.05, 0.1) is 0 Å². The number of benzene rings is 2. The number of hydrogen-bond donors (Lipinski definition) is 13. The second-order valence-electron chi connectivity index (χ2n) is 18.5. The normalized spacial score (nSPS) is 22.0. The van der Waals surface area contributed by atoms with Crippen LogP contribution < -0.4 is 65.9 Å². The lowest BCUT2D eigenvalue weighted by atomic mass is 10.0. The standard InChI is InChI=1S/C49H69FN16O9/c1-27(67)60-34(11-5-21-57-48(52)53)42(70)63-36-18-19-40(68)56-20-4-10-33(41(51)69)61-45(73)38(25-29-26-59-32-9-3-2-8-31(29)32)64-43(71)35(12-6-22-58-49(54)55)62-44(72)37(24-28-14-16-30(50)17-15-28)65-46(74)39-13-7-23-66(39)47(36)75/h2-3,8-9,14-17,26,33-39,59H,4-7,10-13,18-25H2,1H3,(H2,51,69)(H,56,68)(H,60,67)(H,61,73)(H,62,72)(H,63,70)(H,64,71)(H,65,74)(H4,52,53,57)(H4,54,55,58)/t33-,34?,35?,36?,37+,38?,39?/m0/s1. The molecular formula is C49H69FN16O9. The van der Waals surface area contributed by atoms with Crippen molar-refractivity contribution in [3.05, 3.63) is 71.7 Å². The van der Waals surface area contributed by atoms with Gasteiger partial charge in [0, 0.05) is 69.5 Å². The Kier molecular flexibility index (Phi) is 21.7. The van der Waals surface area contributed by atoms with Crippen LogP contribution in [0.1, 0.15) is 82.3 Å². The summed E-state index contributed by atoms with van der Waals surface area (Å²) in [7, 11) is 0. The maximum Gasteiger partial charge on any atom is 0.245 e. The molecule has 7 atom stereocenters. The van der Waals surface area contributed by atoms with Crippen LogP contribution in [0.15, 0.2) is 64.7 Å². The van der Waals surface area contributed by atoms with Crippen LogP contribution >= 0.6 is 0 Å². The molecule has 25 nitrogen and oxygen atoms in total. The number of aromatic amines is 1. The number of carbonyl (C=O) groups is 9. The molecule has 0 radical (unpaired) electrons. The molecule has 2 aliphatic rings. The number of para-hydroxylation sites is 1. The van der Waals surface area contributed by atoms with E-state index in [0.717, 1.165) is 10.9 Å². The number of amides is 9. The number of fused-ring (bicyclic) bond motifs is 2. The number of rotatable bonds is 16. The first-order valence-corrected chi connectivity index (χ1v) is 24.8. The summed E-state index contributed by atoms with van der Waals surface area (Å²) in [5.74, 6) is -7.69. The maximum absolute atomic E-state index is 14.6. The highest BCUT2D eigenvalue weighted by molar-refractivity contribution is 5.98. The zero-order valence-corrected chi connectivity index (χ0v) is 41.8. The number of aromatic nitrogens is 1. The molecular weight excluding hydrogens is 976 g/mol. The third-order valence-electron chi connectivity index (χ3n) is 12.7. The lowest BCUT2D eigenvalue weighted by Crippen LogP contribution is -2.60. The van der Waals surface area contributed by atoms with Gasteiger partial charge in [0.15, 0.2) is 11.9 Å². The highest BCUT2D eigenvalue weighted by atomic mass is 19.1. The third-order valence-corrected chi connectivity index (χ3v) is 12.7. The van der Waals surface area contributed by atoms with Gasteiger partial charge in [0.1, 0.15) is 48.1 Å². The Morgan fingerprint density at radius 3 is 2.09 bits per heavy atom. The van der Waals surface area contributed by atoms with Crippen molar-refractivity contribution in [2.24, 2.45) is 38.7 Å². The van der Waals surface area contributed by atoms with Crippen LogP contribution in [-0.4, -0.2) is 143 Å². The molecule has 75 heavy (non-hydrogen) atoms. The van der Waals surface area contributed by atoms with Gasteiger partial charge in [-0.1, -0.05) is 30.3 Å². The fourth-order valence-electron chi connectivity index (χ4n) is 8.89. The number of guanidine groups is 2. The first-order chi connectivity index (χ1) is 35.8. The Morgan fingerprint density at radius 1 is 0.760 bits per heavy atom. The summed E-state index contributed by atoms with van der Waals surface area (Å²) in [6.45, 7) is 1.42. The predicted molar refractivity (Wildman–Crippen MR) is 275 cm³/mol. The topological polar surface area (TPSA) is 412 Å². The minimum Gasteiger partial charge on any atom is -0.370 e. The summed E-state index contributed by atoms with van der Waals surface area (Å²) in [6, 6.07) is 3.20. The second-order valence-corrected chi connectivity index (χ2v) is 18.5. The third kappa shape index (κ3) is 18.0. The zero-order valence-electron chi connectivity index (χ0n) is 41.8. The van der Waals surface area contributed by atoms with Crippen LogP contribution in [0.25, 0.3) is 10.9 Å². The molecule has 18 N–H and O–H groups in total. The van der Waals surface area contributed by atoms with Crippen molar-refractivity contribution in [2.45, 2.75) is 126 Å². The molecule has 2 aliphatic heterocycles. The van der Waals surface area contributed by atoms with Crippen molar-refractivity contribution < 1.29 is 47.5 Å². The Morgan fingerprint density at radius 2 is 1.40 bits per heavy atom. The number of hydrogen-bond acceptors (Lipinski definition) is 11. The molecule has 0 spiro atoms. The van der Waals surface area contributed by atoms with Crippen LogP contribution in [0.2, 0.25) is 0 Å². The molecule has 0 saturated carbocycles. The zero-order chi connectivity index (χ0) is 54.6. The van der Waals surface area contributed by atoms with E-state index in [0.29, 0.717) is 17.5 Å². The van der Waals surface area contributed by atoms with Gasteiger partial charge in [0.25, 0.3) is 0 Å². The molecule has 9 amide bonds. The largest absolute Gasteiger partial charge is 0.370 e. The number of nitrogens with zero attached hydrogens (tertiary/aromatic N) is 3. The molecule has 3 aromatic rings. The van der Waals surface area contributed by atoms with E-state index >= 15 is 0 Å². The van der Waals surface area contributed by atoms with Crippen molar-refractivity contribution in [3.63, 3.8) is 0 Å². The highest BCUT2D eigenvalue weighted by Crippen LogP contribution is 2.22. The van der Waals surface area contributed by atoms with Crippen LogP contribution in [0.4, 0.5) is 4.39 Å². The summed E-state index contributed by atoms with van der Waals surface area (Å²) in [5.41, 5.74) is 29.6. The Bertz CT molecular complexity index is 2580. The summed E-state index contributed by atoms with van der Waals surface area (Å²) in [4.78, 5) is 137. The molecule has 0 bridgehead atoms. The number of aliphatic imine (C=N–C) groups is 2. The fraction of sp³-hybridized carbons (Fsp3) is 0.490. The molecule has 3 heterocycles. The summed E-state index contributed by atoms with van der Waals surface area (Å²) >= 11 is 0. The summed E-state index contributed by atoms with van der Waals surface area (Å²) in [5, 5.41) is 19.6. The number of nitrogens with two attached hydrogens (primary N) is 5. The fourth-order valence-corrected chi connectivity index (χ4v) is 8.89. The first kappa shape index (κ1) is 57.6. The lowest BCUT2D eigenvalue weighted by molar-refractivity contribution is -0.143. The van der Waals surface area contributed by atoms with Gasteiger partial charge in [-0.3, -0.25) is 53.1 Å². The summed E-state index contributed by atoms with van der Waals surface area (Å²) in [6.07, 6.45) is 1.72. The quantitative estimate of drug-likeness (QED) is 0.0395. The van der Waals surface area contributed by atoms with E-state index < -0.39 is 101 Å². The molecule has 5 rings (SSSR count). The Hall–Kier alpha value is -8.32. The first-order valence-electron chi connectivity index (χ1n) is 24.8. The van der Waals surface area contributed by atoms with Crippen LogP contribution in [0.3, 0.4) is 0 Å². The Labute approximate surface area is 432 Å². The van der Waals surface area contributed by atoms with Crippen LogP contribution in [0, 0.1) is 5.82 Å². The number of halogens is 1. The van der Waals surface area contributed by atoms with Crippen molar-refractivity contribution >= 4 is 76.0 Å². The molecule has 2 saturated heterocycles. The minimum absolute atomic E-state index is 0.00590. The van der Waals surface area contributed by atoms with Crippen molar-refractivity contribution in [1.29, 1.82) is 0 Å². The van der Waals surface area contributed by atoms with Gasteiger partial charge in [-0.05, 0) is 87.1 Å². The second kappa shape index (κ2) is 28.2.